The quantitative estimate of drug-likeness (QED) is 0.850. The van der Waals surface area contributed by atoms with Crippen LogP contribution in [-0.2, 0) is 10.7 Å². The maximum absolute atomic E-state index is 13.1. The molecule has 1 aromatic heterocycles. The van der Waals surface area contributed by atoms with Gasteiger partial charge in [-0.15, -0.1) is 0 Å². The highest BCUT2D eigenvalue weighted by atomic mass is 19.3. The zero-order chi connectivity index (χ0) is 11.8. The smallest absolute Gasteiger partial charge is 0.384 e. The van der Waals surface area contributed by atoms with Gasteiger partial charge in [-0.3, -0.25) is 0 Å². The van der Waals surface area contributed by atoms with E-state index >= 15 is 0 Å². The molecule has 0 radical (unpaired) electrons. The minimum Gasteiger partial charge on any atom is -0.476 e. The first-order valence-corrected chi connectivity index (χ1v) is 4.49. The van der Waals surface area contributed by atoms with Crippen LogP contribution >= 0.6 is 0 Å². The van der Waals surface area contributed by atoms with E-state index in [-0.39, 0.29) is 0 Å². The maximum atomic E-state index is 13.1. The molecule has 0 saturated heterocycles. The van der Waals surface area contributed by atoms with Crippen LogP contribution in [0.1, 0.15) is 5.69 Å². The van der Waals surface area contributed by atoms with Crippen molar-refractivity contribution in [2.45, 2.75) is 5.92 Å². The van der Waals surface area contributed by atoms with Gasteiger partial charge in [-0.1, -0.05) is 24.3 Å². The number of aromatic nitrogens is 1. The van der Waals surface area contributed by atoms with E-state index in [4.69, 9.17) is 5.11 Å². The molecule has 16 heavy (non-hydrogen) atoms. The number of nitrogens with zero attached hydrogens (tertiary/aromatic N) is 1. The Labute approximate surface area is 89.3 Å². The normalized spacial score (nSPS) is 11.6. The number of hydrogen-bond acceptors (Lipinski definition) is 2. The SMILES string of the molecule is O=C(O)C(F)(F)c1ccc2ccccc2n1. The highest BCUT2D eigenvalue weighted by Crippen LogP contribution is 2.27. The van der Waals surface area contributed by atoms with Gasteiger partial charge in [-0.25, -0.2) is 9.78 Å². The fourth-order valence-electron chi connectivity index (χ4n) is 1.35. The second kappa shape index (κ2) is 3.52. The number of alkyl halides is 2. The lowest BCUT2D eigenvalue weighted by Crippen LogP contribution is -2.26. The van der Waals surface area contributed by atoms with Crippen LogP contribution < -0.4 is 0 Å². The Morgan fingerprint density at radius 2 is 1.88 bits per heavy atom. The first-order chi connectivity index (χ1) is 7.51. The molecule has 2 rings (SSSR count). The van der Waals surface area contributed by atoms with Gasteiger partial charge in [0.15, 0.2) is 0 Å². The van der Waals surface area contributed by atoms with Crippen molar-refractivity contribution in [3.05, 3.63) is 42.1 Å². The Morgan fingerprint density at radius 1 is 1.19 bits per heavy atom. The maximum Gasteiger partial charge on any atom is 0.384 e. The molecule has 0 aliphatic heterocycles. The van der Waals surface area contributed by atoms with Crippen LogP contribution in [0.2, 0.25) is 0 Å². The van der Waals surface area contributed by atoms with E-state index in [0.29, 0.717) is 10.9 Å². The van der Waals surface area contributed by atoms with Gasteiger partial charge < -0.3 is 5.11 Å². The van der Waals surface area contributed by atoms with E-state index in [1.807, 2.05) is 0 Å². The predicted octanol–water partition coefficient (Wildman–Crippen LogP) is 2.41. The van der Waals surface area contributed by atoms with Crippen LogP contribution in [0.5, 0.6) is 0 Å². The summed E-state index contributed by atoms with van der Waals surface area (Å²) in [5.74, 6) is -6.15. The molecule has 0 saturated carbocycles. The van der Waals surface area contributed by atoms with Gasteiger partial charge >= 0.3 is 11.9 Å². The van der Waals surface area contributed by atoms with Crippen LogP contribution in [0.4, 0.5) is 8.78 Å². The van der Waals surface area contributed by atoms with Gasteiger partial charge in [0, 0.05) is 5.39 Å². The van der Waals surface area contributed by atoms with E-state index in [0.717, 1.165) is 6.07 Å². The Balaban J connectivity index is 2.59. The van der Waals surface area contributed by atoms with Crippen molar-refractivity contribution in [2.24, 2.45) is 0 Å². The number of halogens is 2. The van der Waals surface area contributed by atoms with Crippen LogP contribution in [0.3, 0.4) is 0 Å². The van der Waals surface area contributed by atoms with Gasteiger partial charge in [0.1, 0.15) is 5.69 Å². The van der Waals surface area contributed by atoms with Crippen LogP contribution in [0.15, 0.2) is 36.4 Å². The molecule has 0 bridgehead atoms. The number of fused-ring (bicyclic) bond motifs is 1. The Bertz CT molecular complexity index is 554. The minimum atomic E-state index is -3.95. The number of carboxylic acids is 1. The van der Waals surface area contributed by atoms with E-state index in [9.17, 15) is 13.6 Å². The van der Waals surface area contributed by atoms with Gasteiger partial charge in [0.05, 0.1) is 5.52 Å². The van der Waals surface area contributed by atoms with Crippen molar-refractivity contribution in [2.75, 3.05) is 0 Å². The summed E-state index contributed by atoms with van der Waals surface area (Å²) in [6.07, 6.45) is 0. The lowest BCUT2D eigenvalue weighted by molar-refractivity contribution is -0.166. The molecule has 3 nitrogen and oxygen atoms in total. The topological polar surface area (TPSA) is 50.2 Å². The molecule has 0 amide bonds. The van der Waals surface area contributed by atoms with E-state index in [1.165, 1.54) is 6.07 Å². The summed E-state index contributed by atoms with van der Waals surface area (Å²) < 4.78 is 26.3. The van der Waals surface area contributed by atoms with Crippen molar-refractivity contribution < 1.29 is 18.7 Å². The predicted molar refractivity (Wildman–Crippen MR) is 53.3 cm³/mol. The molecule has 82 valence electrons. The van der Waals surface area contributed by atoms with Crippen molar-refractivity contribution in [1.29, 1.82) is 0 Å². The van der Waals surface area contributed by atoms with Crippen LogP contribution in [0.25, 0.3) is 10.9 Å². The van der Waals surface area contributed by atoms with Crippen molar-refractivity contribution in [1.82, 2.24) is 4.98 Å². The van der Waals surface area contributed by atoms with Crippen LogP contribution in [0, 0.1) is 0 Å². The Kier molecular flexibility index (Phi) is 2.30. The largest absolute Gasteiger partial charge is 0.476 e. The second-order valence-electron chi connectivity index (χ2n) is 3.27. The fraction of sp³-hybridized carbons (Fsp3) is 0.0909. The molecule has 0 unspecified atom stereocenters. The Hall–Kier alpha value is -2.04. The van der Waals surface area contributed by atoms with E-state index < -0.39 is 17.6 Å². The van der Waals surface area contributed by atoms with Gasteiger partial charge in [0.25, 0.3) is 0 Å². The molecule has 0 aliphatic carbocycles. The molecule has 0 fully saturated rings. The summed E-state index contributed by atoms with van der Waals surface area (Å²) in [6.45, 7) is 0. The summed E-state index contributed by atoms with van der Waals surface area (Å²) in [5, 5.41) is 9.06. The molecule has 1 N–H and O–H groups in total. The standard InChI is InChI=1S/C11H7F2NO2/c12-11(13,10(15)16)9-6-5-7-3-1-2-4-8(7)14-9/h1-6H,(H,15,16). The van der Waals surface area contributed by atoms with E-state index in [2.05, 4.69) is 4.98 Å². The Morgan fingerprint density at radius 3 is 2.56 bits per heavy atom. The molecule has 2 aromatic rings. The summed E-state index contributed by atoms with van der Waals surface area (Å²) >= 11 is 0. The van der Waals surface area contributed by atoms with Crippen molar-refractivity contribution >= 4 is 16.9 Å². The number of carboxylic acid groups (broad SMARTS) is 1. The molecule has 5 heteroatoms. The third kappa shape index (κ3) is 1.60. The summed E-state index contributed by atoms with van der Waals surface area (Å²) in [5.41, 5.74) is -0.403. The number of para-hydroxylation sites is 1. The second-order valence-corrected chi connectivity index (χ2v) is 3.27. The van der Waals surface area contributed by atoms with Gasteiger partial charge in [0.2, 0.25) is 0 Å². The van der Waals surface area contributed by atoms with Gasteiger partial charge in [-0.2, -0.15) is 8.78 Å². The fourth-order valence-corrected chi connectivity index (χ4v) is 1.35. The van der Waals surface area contributed by atoms with Crippen molar-refractivity contribution in [3.8, 4) is 0 Å². The molecule has 1 aromatic carbocycles. The number of aliphatic carboxylic acids is 1. The number of benzene rings is 1. The average Bonchev–Trinajstić information content (AvgIpc) is 2.28. The lowest BCUT2D eigenvalue weighted by Gasteiger charge is -2.10. The highest BCUT2D eigenvalue weighted by Gasteiger charge is 2.42. The third-order valence-electron chi connectivity index (χ3n) is 2.19. The number of pyridine rings is 1. The summed E-state index contributed by atoms with van der Waals surface area (Å²) in [4.78, 5) is 14.0. The number of hydrogen-bond donors (Lipinski definition) is 1. The van der Waals surface area contributed by atoms with E-state index in [1.54, 1.807) is 24.3 Å². The first-order valence-electron chi connectivity index (χ1n) is 4.49. The van der Waals surface area contributed by atoms with Crippen molar-refractivity contribution in [3.63, 3.8) is 0 Å². The first kappa shape index (κ1) is 10.5. The molecule has 0 aliphatic rings. The third-order valence-corrected chi connectivity index (χ3v) is 2.19. The molecule has 1 heterocycles. The molecular formula is C11H7F2NO2. The molecule has 0 atom stereocenters. The summed E-state index contributed by atoms with van der Waals surface area (Å²) in [7, 11) is 0. The van der Waals surface area contributed by atoms with Gasteiger partial charge in [-0.05, 0) is 12.1 Å². The monoisotopic (exact) mass is 223 g/mol. The average molecular weight is 223 g/mol. The number of carbonyl (C=O) groups is 1. The van der Waals surface area contributed by atoms with Crippen LogP contribution in [-0.4, -0.2) is 16.1 Å². The molecular weight excluding hydrogens is 216 g/mol. The summed E-state index contributed by atoms with van der Waals surface area (Å²) in [6, 6.07) is 9.11. The minimum absolute atomic E-state index is 0.348. The zero-order valence-corrected chi connectivity index (χ0v) is 8.02. The number of rotatable bonds is 2. The highest BCUT2D eigenvalue weighted by molar-refractivity contribution is 5.81. The lowest BCUT2D eigenvalue weighted by atomic mass is 10.1. The zero-order valence-electron chi connectivity index (χ0n) is 8.02. The molecule has 0 spiro atoms.